The van der Waals surface area contributed by atoms with E-state index in [1.54, 1.807) is 21.9 Å². The summed E-state index contributed by atoms with van der Waals surface area (Å²) in [6.07, 6.45) is 0.259. The van der Waals surface area contributed by atoms with Gasteiger partial charge in [0.15, 0.2) is 0 Å². The Morgan fingerprint density at radius 1 is 1.06 bits per heavy atom. The second-order valence-electron chi connectivity index (χ2n) is 8.89. The average Bonchev–Trinajstić information content (AvgIpc) is 3.21. The normalized spacial score (nSPS) is 25.4. The maximum atomic E-state index is 13.3. The summed E-state index contributed by atoms with van der Waals surface area (Å²) < 4.78 is 0. The molecule has 33 heavy (non-hydrogen) atoms. The number of benzene rings is 1. The molecule has 0 aliphatic carbocycles. The molecule has 3 aliphatic rings. The molecule has 3 N–H and O–H groups in total. The number of amides is 4. The predicted molar refractivity (Wildman–Crippen MR) is 121 cm³/mol. The first-order valence-electron chi connectivity index (χ1n) is 11.0. The largest absolute Gasteiger partial charge is 0.465 e. The Kier molecular flexibility index (Phi) is 6.99. The van der Waals surface area contributed by atoms with Crippen molar-refractivity contribution in [2.24, 2.45) is 11.8 Å². The van der Waals surface area contributed by atoms with E-state index >= 15 is 0 Å². The number of rotatable bonds is 5. The Balaban J connectivity index is 1.39. The molecule has 3 aliphatic heterocycles. The molecule has 3 saturated heterocycles. The van der Waals surface area contributed by atoms with Crippen LogP contribution in [0.5, 0.6) is 0 Å². The van der Waals surface area contributed by atoms with Crippen molar-refractivity contribution >= 4 is 47.0 Å². The van der Waals surface area contributed by atoms with Crippen molar-refractivity contribution < 1.29 is 24.3 Å². The van der Waals surface area contributed by atoms with Gasteiger partial charge >= 0.3 is 6.09 Å². The molecule has 11 heteroatoms. The second kappa shape index (κ2) is 9.77. The molecule has 0 spiro atoms. The van der Waals surface area contributed by atoms with Gasteiger partial charge in [0.05, 0.1) is 16.5 Å². The van der Waals surface area contributed by atoms with Gasteiger partial charge in [0, 0.05) is 50.5 Å². The molecule has 178 valence electrons. The van der Waals surface area contributed by atoms with Crippen LogP contribution in [0.4, 0.5) is 4.79 Å². The Morgan fingerprint density at radius 3 is 2.36 bits per heavy atom. The zero-order valence-corrected chi connectivity index (χ0v) is 19.4. The third-order valence-electron chi connectivity index (χ3n) is 6.82. The number of hydrogen-bond acceptors (Lipinski definition) is 4. The minimum absolute atomic E-state index is 0.0296. The molecule has 1 aromatic rings. The lowest BCUT2D eigenvalue weighted by molar-refractivity contribution is -0.146. The minimum atomic E-state index is -1.10. The van der Waals surface area contributed by atoms with E-state index < -0.39 is 12.1 Å². The molecule has 0 unspecified atom stereocenters. The molecule has 0 saturated carbocycles. The van der Waals surface area contributed by atoms with Crippen molar-refractivity contribution in [1.82, 2.24) is 20.4 Å². The Morgan fingerprint density at radius 2 is 1.76 bits per heavy atom. The summed E-state index contributed by atoms with van der Waals surface area (Å²) in [5.41, 5.74) is 0.917. The molecule has 0 radical (unpaired) electrons. The fourth-order valence-corrected chi connectivity index (χ4v) is 5.24. The summed E-state index contributed by atoms with van der Waals surface area (Å²) in [7, 11) is 0. The van der Waals surface area contributed by atoms with E-state index in [0.29, 0.717) is 49.1 Å². The van der Waals surface area contributed by atoms with Gasteiger partial charge in [-0.15, -0.1) is 0 Å². The molecule has 1 aromatic carbocycles. The van der Waals surface area contributed by atoms with E-state index in [4.69, 9.17) is 28.3 Å². The third-order valence-corrected chi connectivity index (χ3v) is 7.56. The fraction of sp³-hybridized carbons (Fsp3) is 0.545. The molecule has 3 atom stereocenters. The molecule has 4 rings (SSSR count). The van der Waals surface area contributed by atoms with Gasteiger partial charge in [-0.1, -0.05) is 29.3 Å². The zero-order valence-electron chi connectivity index (χ0n) is 17.9. The van der Waals surface area contributed by atoms with Gasteiger partial charge in [-0.2, -0.15) is 0 Å². The maximum Gasteiger partial charge on any atom is 0.404 e. The van der Waals surface area contributed by atoms with Crippen LogP contribution in [-0.4, -0.2) is 77.5 Å². The van der Waals surface area contributed by atoms with E-state index in [0.717, 1.165) is 5.56 Å². The highest BCUT2D eigenvalue weighted by Gasteiger charge is 2.41. The molecule has 9 nitrogen and oxygen atoms in total. The van der Waals surface area contributed by atoms with Gasteiger partial charge in [-0.05, 0) is 30.5 Å². The Hall–Kier alpha value is -2.52. The van der Waals surface area contributed by atoms with Crippen LogP contribution < -0.4 is 10.6 Å². The maximum absolute atomic E-state index is 13.3. The lowest BCUT2D eigenvalue weighted by Crippen LogP contribution is -2.59. The summed E-state index contributed by atoms with van der Waals surface area (Å²) in [6.45, 7) is 2.10. The topological polar surface area (TPSA) is 119 Å². The summed E-state index contributed by atoms with van der Waals surface area (Å²) in [5, 5.41) is 15.0. The van der Waals surface area contributed by atoms with Crippen molar-refractivity contribution in [2.75, 3.05) is 32.7 Å². The van der Waals surface area contributed by atoms with Crippen LogP contribution in [0, 0.1) is 11.8 Å². The number of piperidine rings is 1. The van der Waals surface area contributed by atoms with Gasteiger partial charge in [0.2, 0.25) is 17.7 Å². The van der Waals surface area contributed by atoms with Crippen molar-refractivity contribution in [3.8, 4) is 0 Å². The highest BCUT2D eigenvalue weighted by Crippen LogP contribution is 2.36. The first-order valence-corrected chi connectivity index (χ1v) is 11.8. The number of carbonyl (C=O) groups is 4. The molecular weight excluding hydrogens is 471 g/mol. The van der Waals surface area contributed by atoms with E-state index in [2.05, 4.69) is 10.6 Å². The second-order valence-corrected chi connectivity index (χ2v) is 9.71. The summed E-state index contributed by atoms with van der Waals surface area (Å²) in [6, 6.07) is 4.92. The highest BCUT2D eigenvalue weighted by atomic mass is 35.5. The van der Waals surface area contributed by atoms with Crippen LogP contribution in [0.1, 0.15) is 30.7 Å². The standard InChI is InChI=1S/C22H26Cl2N4O5/c23-16-2-1-13(7-17(16)24)15-11-28(10-14(15)9-25-22(32)33)20(30)12-3-5-27(6-4-12)21(31)18-8-19(29)26-18/h1-2,7,12,14-15,18,25H,3-6,8-11H2,(H,26,29)(H,32,33)/t14-,15-,18-/m0/s1. The van der Waals surface area contributed by atoms with Gasteiger partial charge in [-0.25, -0.2) is 4.79 Å². The summed E-state index contributed by atoms with van der Waals surface area (Å²) in [4.78, 5) is 51.4. The SMILES string of the molecule is O=C(O)NC[C@H]1CN(C(=O)C2CCN(C(=O)[C@@H]3CC(=O)N3)CC2)C[C@H]1c1ccc(Cl)c(Cl)c1. The fourth-order valence-electron chi connectivity index (χ4n) is 4.93. The molecule has 3 heterocycles. The molecule has 0 aromatic heterocycles. The number of nitrogens with zero attached hydrogens (tertiary/aromatic N) is 2. The van der Waals surface area contributed by atoms with Crippen molar-refractivity contribution in [1.29, 1.82) is 0 Å². The lowest BCUT2D eigenvalue weighted by Gasteiger charge is -2.37. The number of carboxylic acid groups (broad SMARTS) is 1. The number of β-lactam (4-membered cyclic amide) rings is 1. The van der Waals surface area contributed by atoms with Crippen molar-refractivity contribution in [2.45, 2.75) is 31.2 Å². The molecule has 0 bridgehead atoms. The monoisotopic (exact) mass is 496 g/mol. The van der Waals surface area contributed by atoms with E-state index in [9.17, 15) is 19.2 Å². The number of hydrogen-bond donors (Lipinski definition) is 3. The van der Waals surface area contributed by atoms with Crippen LogP contribution in [-0.2, 0) is 14.4 Å². The first-order chi connectivity index (χ1) is 15.7. The smallest absolute Gasteiger partial charge is 0.404 e. The summed E-state index contributed by atoms with van der Waals surface area (Å²) in [5.74, 6) is -0.518. The van der Waals surface area contributed by atoms with E-state index in [-0.39, 0.29) is 48.4 Å². The van der Waals surface area contributed by atoms with Crippen molar-refractivity contribution in [3.05, 3.63) is 33.8 Å². The van der Waals surface area contributed by atoms with Gasteiger partial charge in [0.1, 0.15) is 6.04 Å². The predicted octanol–water partition coefficient (Wildman–Crippen LogP) is 1.93. The Bertz CT molecular complexity index is 958. The van der Waals surface area contributed by atoms with Gasteiger partial charge in [-0.3, -0.25) is 14.4 Å². The first kappa shape index (κ1) is 23.6. The van der Waals surface area contributed by atoms with E-state index in [1.165, 1.54) is 0 Å². The van der Waals surface area contributed by atoms with E-state index in [1.807, 2.05) is 6.07 Å². The van der Waals surface area contributed by atoms with Crippen molar-refractivity contribution in [3.63, 3.8) is 0 Å². The Labute approximate surface area is 201 Å². The van der Waals surface area contributed by atoms with Gasteiger partial charge in [0.25, 0.3) is 0 Å². The van der Waals surface area contributed by atoms with Crippen LogP contribution in [0.15, 0.2) is 18.2 Å². The van der Waals surface area contributed by atoms with Crippen LogP contribution >= 0.6 is 23.2 Å². The lowest BCUT2D eigenvalue weighted by atomic mass is 9.89. The molecule has 3 fully saturated rings. The average molecular weight is 497 g/mol. The minimum Gasteiger partial charge on any atom is -0.465 e. The number of likely N-dealkylation sites (tertiary alicyclic amines) is 2. The molecule has 4 amide bonds. The third kappa shape index (κ3) is 5.19. The van der Waals surface area contributed by atoms with Crippen LogP contribution in [0.2, 0.25) is 10.0 Å². The number of nitrogens with one attached hydrogen (secondary N) is 2. The molecular formula is C22H26Cl2N4O5. The van der Waals surface area contributed by atoms with Gasteiger partial charge < -0.3 is 25.5 Å². The zero-order chi connectivity index (χ0) is 23.7. The van der Waals surface area contributed by atoms with Crippen LogP contribution in [0.3, 0.4) is 0 Å². The quantitative estimate of drug-likeness (QED) is 0.538. The highest BCUT2D eigenvalue weighted by molar-refractivity contribution is 6.42. The number of carbonyl (C=O) groups excluding carboxylic acids is 3. The number of halogens is 2. The summed E-state index contributed by atoms with van der Waals surface area (Å²) >= 11 is 12.2. The van der Waals surface area contributed by atoms with Crippen LogP contribution in [0.25, 0.3) is 0 Å².